The third kappa shape index (κ3) is 3.94. The minimum Gasteiger partial charge on any atom is -0.352 e. The molecule has 1 aromatic heterocycles. The SMILES string of the molecule is CNCCCNC(=O)c1cc([N+](=O)[O-])cnc1Cl. The molecule has 98 valence electrons. The number of nitro groups is 1. The van der Waals surface area contributed by atoms with Crippen molar-refractivity contribution >= 4 is 23.2 Å². The summed E-state index contributed by atoms with van der Waals surface area (Å²) >= 11 is 5.73. The second-order valence-corrected chi connectivity index (χ2v) is 3.86. The number of carbonyl (C=O) groups excluding carboxylic acids is 1. The summed E-state index contributed by atoms with van der Waals surface area (Å²) in [7, 11) is 1.81. The van der Waals surface area contributed by atoms with E-state index in [4.69, 9.17) is 11.6 Å². The lowest BCUT2D eigenvalue weighted by Gasteiger charge is -2.05. The molecule has 1 aromatic rings. The predicted octanol–water partition coefficient (Wildman–Crippen LogP) is 0.982. The van der Waals surface area contributed by atoms with Crippen molar-refractivity contribution in [2.75, 3.05) is 20.1 Å². The topological polar surface area (TPSA) is 97.2 Å². The zero-order chi connectivity index (χ0) is 13.5. The largest absolute Gasteiger partial charge is 0.352 e. The van der Waals surface area contributed by atoms with E-state index in [9.17, 15) is 14.9 Å². The lowest BCUT2D eigenvalue weighted by Crippen LogP contribution is -2.27. The highest BCUT2D eigenvalue weighted by Gasteiger charge is 2.16. The monoisotopic (exact) mass is 272 g/mol. The molecule has 0 saturated heterocycles. The normalized spacial score (nSPS) is 10.1. The van der Waals surface area contributed by atoms with E-state index in [1.807, 2.05) is 7.05 Å². The maximum absolute atomic E-state index is 11.7. The Balaban J connectivity index is 2.72. The Kier molecular flexibility index (Phi) is 5.47. The Morgan fingerprint density at radius 1 is 1.56 bits per heavy atom. The molecular formula is C10H13ClN4O3. The first-order chi connectivity index (χ1) is 8.56. The van der Waals surface area contributed by atoms with Gasteiger partial charge in [-0.05, 0) is 20.0 Å². The average Bonchev–Trinajstić information content (AvgIpc) is 2.34. The molecule has 0 unspecified atom stereocenters. The van der Waals surface area contributed by atoms with Crippen LogP contribution in [0.2, 0.25) is 5.15 Å². The molecule has 0 aliphatic rings. The van der Waals surface area contributed by atoms with Crippen LogP contribution in [0.5, 0.6) is 0 Å². The predicted molar refractivity (Wildman–Crippen MR) is 66.8 cm³/mol. The maximum atomic E-state index is 11.7. The first-order valence-corrected chi connectivity index (χ1v) is 5.66. The summed E-state index contributed by atoms with van der Waals surface area (Å²) in [5, 5.41) is 16.1. The van der Waals surface area contributed by atoms with Gasteiger partial charge in [0, 0.05) is 12.6 Å². The van der Waals surface area contributed by atoms with E-state index in [1.54, 1.807) is 0 Å². The molecule has 0 spiro atoms. The van der Waals surface area contributed by atoms with Crippen LogP contribution in [0.3, 0.4) is 0 Å². The number of carbonyl (C=O) groups is 1. The number of nitrogens with zero attached hydrogens (tertiary/aromatic N) is 2. The molecule has 18 heavy (non-hydrogen) atoms. The molecule has 7 nitrogen and oxygen atoms in total. The van der Waals surface area contributed by atoms with Gasteiger partial charge in [-0.2, -0.15) is 0 Å². The number of hydrogen-bond donors (Lipinski definition) is 2. The highest BCUT2D eigenvalue weighted by atomic mass is 35.5. The number of pyridine rings is 1. The molecule has 0 radical (unpaired) electrons. The van der Waals surface area contributed by atoms with E-state index in [-0.39, 0.29) is 16.4 Å². The lowest BCUT2D eigenvalue weighted by atomic mass is 10.2. The van der Waals surface area contributed by atoms with E-state index < -0.39 is 10.8 Å². The van der Waals surface area contributed by atoms with Crippen LogP contribution in [0.25, 0.3) is 0 Å². The fourth-order valence-electron chi connectivity index (χ4n) is 1.26. The summed E-state index contributed by atoms with van der Waals surface area (Å²) in [6.45, 7) is 1.22. The van der Waals surface area contributed by atoms with Gasteiger partial charge in [0.15, 0.2) is 0 Å². The van der Waals surface area contributed by atoms with Gasteiger partial charge < -0.3 is 10.6 Å². The Morgan fingerprint density at radius 3 is 2.89 bits per heavy atom. The van der Waals surface area contributed by atoms with Gasteiger partial charge in [0.1, 0.15) is 11.3 Å². The molecule has 0 fully saturated rings. The molecule has 1 amide bonds. The number of amides is 1. The van der Waals surface area contributed by atoms with Crippen molar-refractivity contribution in [2.45, 2.75) is 6.42 Å². The second kappa shape index (κ2) is 6.87. The number of halogens is 1. The highest BCUT2D eigenvalue weighted by Crippen LogP contribution is 2.18. The molecule has 0 atom stereocenters. The minimum atomic E-state index is -0.624. The van der Waals surface area contributed by atoms with Crippen LogP contribution in [-0.4, -0.2) is 36.0 Å². The molecular weight excluding hydrogens is 260 g/mol. The van der Waals surface area contributed by atoms with Crippen LogP contribution < -0.4 is 10.6 Å². The fourth-order valence-corrected chi connectivity index (χ4v) is 1.45. The van der Waals surface area contributed by atoms with Gasteiger partial charge in [-0.1, -0.05) is 11.6 Å². The van der Waals surface area contributed by atoms with Crippen molar-refractivity contribution in [1.29, 1.82) is 0 Å². The number of aromatic nitrogens is 1. The van der Waals surface area contributed by atoms with Gasteiger partial charge in [-0.25, -0.2) is 4.98 Å². The summed E-state index contributed by atoms with van der Waals surface area (Å²) in [4.78, 5) is 25.3. The first kappa shape index (κ1) is 14.3. The van der Waals surface area contributed by atoms with Crippen LogP contribution in [-0.2, 0) is 0 Å². The molecule has 0 saturated carbocycles. The van der Waals surface area contributed by atoms with E-state index in [2.05, 4.69) is 15.6 Å². The molecule has 0 aliphatic heterocycles. The zero-order valence-electron chi connectivity index (χ0n) is 9.77. The van der Waals surface area contributed by atoms with Gasteiger partial charge in [0.05, 0.1) is 10.5 Å². The quantitative estimate of drug-likeness (QED) is 0.348. The second-order valence-electron chi connectivity index (χ2n) is 3.50. The van der Waals surface area contributed by atoms with Crippen LogP contribution >= 0.6 is 11.6 Å². The standard InChI is InChI=1S/C10H13ClN4O3/c1-12-3-2-4-13-10(16)8-5-7(15(17)18)6-14-9(8)11/h5-6,12H,2-4H2,1H3,(H,13,16). The molecule has 0 bridgehead atoms. The highest BCUT2D eigenvalue weighted by molar-refractivity contribution is 6.32. The van der Waals surface area contributed by atoms with Crippen molar-refractivity contribution in [3.8, 4) is 0 Å². The third-order valence-electron chi connectivity index (χ3n) is 2.17. The third-order valence-corrected chi connectivity index (χ3v) is 2.47. The van der Waals surface area contributed by atoms with Crippen LogP contribution in [0.1, 0.15) is 16.8 Å². The van der Waals surface area contributed by atoms with E-state index in [1.165, 1.54) is 0 Å². The van der Waals surface area contributed by atoms with Crippen LogP contribution in [0.15, 0.2) is 12.3 Å². The van der Waals surface area contributed by atoms with Crippen molar-refractivity contribution < 1.29 is 9.72 Å². The van der Waals surface area contributed by atoms with Crippen molar-refractivity contribution in [2.24, 2.45) is 0 Å². The van der Waals surface area contributed by atoms with E-state index >= 15 is 0 Å². The first-order valence-electron chi connectivity index (χ1n) is 5.29. The Labute approximate surface area is 109 Å². The van der Waals surface area contributed by atoms with Crippen molar-refractivity contribution in [3.63, 3.8) is 0 Å². The minimum absolute atomic E-state index is 0.00956. The summed E-state index contributed by atoms with van der Waals surface area (Å²) in [6.07, 6.45) is 1.77. The maximum Gasteiger partial charge on any atom is 0.288 e. The van der Waals surface area contributed by atoms with Gasteiger partial charge in [-0.3, -0.25) is 14.9 Å². The zero-order valence-corrected chi connectivity index (χ0v) is 10.5. The fraction of sp³-hybridized carbons (Fsp3) is 0.400. The van der Waals surface area contributed by atoms with Gasteiger partial charge in [0.2, 0.25) is 0 Å². The Morgan fingerprint density at radius 2 is 2.28 bits per heavy atom. The van der Waals surface area contributed by atoms with E-state index in [0.29, 0.717) is 6.54 Å². The van der Waals surface area contributed by atoms with Crippen molar-refractivity contribution in [3.05, 3.63) is 33.1 Å². The number of hydrogen-bond acceptors (Lipinski definition) is 5. The molecule has 2 N–H and O–H groups in total. The van der Waals surface area contributed by atoms with Gasteiger partial charge in [0.25, 0.3) is 11.6 Å². The average molecular weight is 273 g/mol. The summed E-state index contributed by atoms with van der Waals surface area (Å²) in [6, 6.07) is 1.11. The number of nitrogens with one attached hydrogen (secondary N) is 2. The Bertz CT molecular complexity index is 453. The van der Waals surface area contributed by atoms with Gasteiger partial charge in [-0.15, -0.1) is 0 Å². The summed E-state index contributed by atoms with van der Waals surface area (Å²) in [5.74, 6) is -0.465. The summed E-state index contributed by atoms with van der Waals surface area (Å²) < 4.78 is 0. The number of rotatable bonds is 6. The molecule has 1 heterocycles. The Hall–Kier alpha value is -1.73. The smallest absolute Gasteiger partial charge is 0.288 e. The molecule has 1 rings (SSSR count). The van der Waals surface area contributed by atoms with Crippen molar-refractivity contribution in [1.82, 2.24) is 15.6 Å². The lowest BCUT2D eigenvalue weighted by molar-refractivity contribution is -0.385. The molecule has 0 aliphatic carbocycles. The van der Waals surface area contributed by atoms with Gasteiger partial charge >= 0.3 is 0 Å². The molecule has 0 aromatic carbocycles. The summed E-state index contributed by atoms with van der Waals surface area (Å²) in [5.41, 5.74) is -0.255. The van der Waals surface area contributed by atoms with E-state index in [0.717, 1.165) is 25.2 Å². The molecule has 8 heteroatoms. The van der Waals surface area contributed by atoms with Crippen LogP contribution in [0, 0.1) is 10.1 Å². The van der Waals surface area contributed by atoms with Crippen LogP contribution in [0.4, 0.5) is 5.69 Å².